The number of thioether (sulfide) groups is 1. The molecule has 2 aromatic rings. The van der Waals surface area contributed by atoms with Gasteiger partial charge in [-0.2, -0.15) is 9.78 Å². The fourth-order valence-corrected chi connectivity index (χ4v) is 2.04. The van der Waals surface area contributed by atoms with Crippen molar-refractivity contribution >= 4 is 18.0 Å². The Morgan fingerprint density at radius 2 is 2.28 bits per heavy atom. The molecule has 0 unspecified atom stereocenters. The molecule has 2 rings (SSSR count). The van der Waals surface area contributed by atoms with Crippen LogP contribution in [-0.4, -0.2) is 31.8 Å². The van der Waals surface area contributed by atoms with Gasteiger partial charge in [-0.3, -0.25) is 4.98 Å². The van der Waals surface area contributed by atoms with Crippen LogP contribution in [0.1, 0.15) is 20.3 Å². The monoisotopic (exact) mass is 261 g/mol. The van der Waals surface area contributed by atoms with Gasteiger partial charge in [-0.25, -0.2) is 0 Å². The maximum atomic E-state index is 4.40. The van der Waals surface area contributed by atoms with Gasteiger partial charge < -0.3 is 0 Å². The summed E-state index contributed by atoms with van der Waals surface area (Å²) in [7, 11) is 0. The molecule has 2 heterocycles. The highest BCUT2D eigenvalue weighted by molar-refractivity contribution is 7.99. The Morgan fingerprint density at radius 3 is 2.94 bits per heavy atom. The van der Waals surface area contributed by atoms with Gasteiger partial charge in [0.25, 0.3) is 0 Å². The van der Waals surface area contributed by atoms with E-state index in [2.05, 4.69) is 27.2 Å². The minimum atomic E-state index is 0.726. The maximum absolute atomic E-state index is 4.40. The highest BCUT2D eigenvalue weighted by Crippen LogP contribution is 2.22. The minimum Gasteiger partial charge on any atom is -0.264 e. The molecule has 0 amide bonds. The molecule has 5 nitrogen and oxygen atoms in total. The maximum Gasteiger partial charge on any atom is 0.212 e. The zero-order valence-electron chi connectivity index (χ0n) is 10.4. The molecule has 94 valence electrons. The summed E-state index contributed by atoms with van der Waals surface area (Å²) in [5, 5.41) is 13.6. The Morgan fingerprint density at radius 1 is 1.39 bits per heavy atom. The molecule has 0 fully saturated rings. The van der Waals surface area contributed by atoms with E-state index in [0.717, 1.165) is 28.7 Å². The van der Waals surface area contributed by atoms with E-state index in [9.17, 15) is 0 Å². The van der Waals surface area contributed by atoms with E-state index in [1.807, 2.05) is 25.3 Å². The van der Waals surface area contributed by atoms with Gasteiger partial charge in [0.1, 0.15) is 0 Å². The fraction of sp³-hybridized carbons (Fsp3) is 0.333. The lowest BCUT2D eigenvalue weighted by atomic mass is 10.3. The van der Waals surface area contributed by atoms with Crippen LogP contribution in [0.3, 0.4) is 0 Å². The molecule has 0 saturated heterocycles. The van der Waals surface area contributed by atoms with E-state index in [1.165, 1.54) is 0 Å². The Kier molecular flexibility index (Phi) is 4.46. The van der Waals surface area contributed by atoms with E-state index in [4.69, 9.17) is 0 Å². The normalized spacial score (nSPS) is 11.2. The van der Waals surface area contributed by atoms with Gasteiger partial charge in [0, 0.05) is 24.2 Å². The average Bonchev–Trinajstić information content (AvgIpc) is 2.81. The van der Waals surface area contributed by atoms with Gasteiger partial charge in [-0.15, -0.1) is 10.2 Å². The van der Waals surface area contributed by atoms with Crippen molar-refractivity contribution in [3.63, 3.8) is 0 Å². The lowest BCUT2D eigenvalue weighted by molar-refractivity contribution is 0.770. The minimum absolute atomic E-state index is 0.726. The number of rotatable bonds is 5. The van der Waals surface area contributed by atoms with Crippen LogP contribution >= 0.6 is 11.8 Å². The van der Waals surface area contributed by atoms with Crippen LogP contribution in [0, 0.1) is 0 Å². The molecular weight excluding hydrogens is 246 g/mol. The van der Waals surface area contributed by atoms with Gasteiger partial charge >= 0.3 is 0 Å². The topological polar surface area (TPSA) is 56.0 Å². The van der Waals surface area contributed by atoms with Crippen molar-refractivity contribution in [3.05, 3.63) is 24.5 Å². The molecule has 0 atom stereocenters. The third-order valence-electron chi connectivity index (χ3n) is 2.18. The Bertz CT molecular complexity index is 521. The smallest absolute Gasteiger partial charge is 0.212 e. The van der Waals surface area contributed by atoms with Gasteiger partial charge in [-0.1, -0.05) is 25.6 Å². The van der Waals surface area contributed by atoms with Crippen LogP contribution in [0.15, 0.2) is 34.8 Å². The lowest BCUT2D eigenvalue weighted by Gasteiger charge is -2.02. The van der Waals surface area contributed by atoms with E-state index < -0.39 is 0 Å². The quantitative estimate of drug-likeness (QED) is 0.613. The molecule has 0 radical (unpaired) electrons. The number of nitrogens with zero attached hydrogens (tertiary/aromatic N) is 5. The van der Waals surface area contributed by atoms with Gasteiger partial charge in [0.15, 0.2) is 5.82 Å². The predicted molar refractivity (Wildman–Crippen MR) is 73.8 cm³/mol. The molecule has 0 saturated carbocycles. The molecule has 0 spiro atoms. The van der Waals surface area contributed by atoms with E-state index in [1.54, 1.807) is 28.8 Å². The lowest BCUT2D eigenvalue weighted by Crippen LogP contribution is -1.96. The van der Waals surface area contributed by atoms with E-state index in [-0.39, 0.29) is 0 Å². The second kappa shape index (κ2) is 6.30. The standard InChI is InChI=1S/C12H15N5S/c1-3-7-14-17-11(10-6-5-8-13-9-10)15-16-12(17)18-4-2/h5-9H,3-4H2,1-2H3. The molecule has 0 aliphatic rings. The Labute approximate surface area is 110 Å². The van der Waals surface area contributed by atoms with Crippen LogP contribution in [-0.2, 0) is 0 Å². The van der Waals surface area contributed by atoms with Crippen molar-refractivity contribution in [1.82, 2.24) is 19.9 Å². The second-order valence-corrected chi connectivity index (χ2v) is 4.73. The molecule has 0 N–H and O–H groups in total. The van der Waals surface area contributed by atoms with Gasteiger partial charge in [-0.05, 0) is 24.3 Å². The fourth-order valence-electron chi connectivity index (χ4n) is 1.43. The predicted octanol–water partition coefficient (Wildman–Crippen LogP) is 2.70. The second-order valence-electron chi connectivity index (χ2n) is 3.50. The summed E-state index contributed by atoms with van der Waals surface area (Å²) in [5.41, 5.74) is 0.918. The third kappa shape index (κ3) is 2.76. The summed E-state index contributed by atoms with van der Waals surface area (Å²) in [4.78, 5) is 4.10. The van der Waals surface area contributed by atoms with Crippen molar-refractivity contribution in [2.45, 2.75) is 25.4 Å². The van der Waals surface area contributed by atoms with Crippen LogP contribution in [0.4, 0.5) is 0 Å². The SMILES string of the molecule is CCC=Nn1c(SCC)nnc1-c1cccnc1. The van der Waals surface area contributed by atoms with Crippen LogP contribution in [0.2, 0.25) is 0 Å². The number of hydrogen-bond acceptors (Lipinski definition) is 5. The first-order chi connectivity index (χ1) is 8.86. The van der Waals surface area contributed by atoms with Crippen LogP contribution in [0.5, 0.6) is 0 Å². The first kappa shape index (κ1) is 12.8. The Balaban J connectivity index is 2.44. The largest absolute Gasteiger partial charge is 0.264 e. The first-order valence-electron chi connectivity index (χ1n) is 5.88. The summed E-state index contributed by atoms with van der Waals surface area (Å²) in [6.45, 7) is 4.13. The number of aromatic nitrogens is 4. The molecule has 0 aliphatic carbocycles. The molecule has 18 heavy (non-hydrogen) atoms. The third-order valence-corrected chi connectivity index (χ3v) is 2.99. The summed E-state index contributed by atoms with van der Waals surface area (Å²) in [6, 6.07) is 3.83. The number of hydrogen-bond donors (Lipinski definition) is 0. The van der Waals surface area contributed by atoms with E-state index in [0.29, 0.717) is 0 Å². The average molecular weight is 261 g/mol. The van der Waals surface area contributed by atoms with Crippen molar-refractivity contribution in [3.8, 4) is 11.4 Å². The summed E-state index contributed by atoms with van der Waals surface area (Å²) in [6.07, 6.45) is 6.23. The van der Waals surface area contributed by atoms with Crippen LogP contribution in [0.25, 0.3) is 11.4 Å². The van der Waals surface area contributed by atoms with E-state index >= 15 is 0 Å². The zero-order chi connectivity index (χ0) is 12.8. The molecule has 0 aromatic carbocycles. The van der Waals surface area contributed by atoms with Gasteiger partial charge in [0.05, 0.1) is 0 Å². The van der Waals surface area contributed by atoms with Gasteiger partial charge in [0.2, 0.25) is 5.16 Å². The van der Waals surface area contributed by atoms with Crippen molar-refractivity contribution in [2.75, 3.05) is 5.75 Å². The van der Waals surface area contributed by atoms with Crippen molar-refractivity contribution in [2.24, 2.45) is 5.10 Å². The van der Waals surface area contributed by atoms with Crippen molar-refractivity contribution < 1.29 is 0 Å². The molecule has 0 bridgehead atoms. The number of pyridine rings is 1. The molecular formula is C12H15N5S. The Hall–Kier alpha value is -1.69. The zero-order valence-corrected chi connectivity index (χ0v) is 11.3. The summed E-state index contributed by atoms with van der Waals surface area (Å²) < 4.78 is 1.77. The highest BCUT2D eigenvalue weighted by Gasteiger charge is 2.12. The van der Waals surface area contributed by atoms with Crippen LogP contribution < -0.4 is 0 Å². The summed E-state index contributed by atoms with van der Waals surface area (Å²) in [5.74, 6) is 1.66. The molecule has 2 aromatic heterocycles. The summed E-state index contributed by atoms with van der Waals surface area (Å²) >= 11 is 1.62. The molecule has 0 aliphatic heterocycles. The first-order valence-corrected chi connectivity index (χ1v) is 6.86. The van der Waals surface area contributed by atoms with Crippen molar-refractivity contribution in [1.29, 1.82) is 0 Å². The molecule has 6 heteroatoms. The highest BCUT2D eigenvalue weighted by atomic mass is 32.2.